The average molecular weight is 215 g/mol. The minimum absolute atomic E-state index is 0.0718. The minimum atomic E-state index is -0.646. The van der Waals surface area contributed by atoms with Crippen LogP contribution in [-0.2, 0) is 6.42 Å². The Bertz CT molecular complexity index is 394. The molecule has 1 aromatic rings. The standard InChI is InChI=1S/C8H6FNO3S/c9-6-1-2-7(10(12)13)5(3-6)4-8(11)14/h1-3H,4H2,(H,11,14). The van der Waals surface area contributed by atoms with Crippen LogP contribution in [0.4, 0.5) is 10.1 Å². The molecule has 1 N–H and O–H groups in total. The van der Waals surface area contributed by atoms with Crippen LogP contribution in [0.25, 0.3) is 0 Å². The third kappa shape index (κ3) is 2.46. The third-order valence-electron chi connectivity index (χ3n) is 1.58. The Morgan fingerprint density at radius 3 is 2.79 bits per heavy atom. The zero-order chi connectivity index (χ0) is 10.7. The summed E-state index contributed by atoms with van der Waals surface area (Å²) in [7, 11) is 0. The summed E-state index contributed by atoms with van der Waals surface area (Å²) in [5.74, 6) is -0.596. The Morgan fingerprint density at radius 2 is 2.29 bits per heavy atom. The summed E-state index contributed by atoms with van der Waals surface area (Å²) < 4.78 is 12.7. The second kappa shape index (κ2) is 4.10. The van der Waals surface area contributed by atoms with Crippen molar-refractivity contribution < 1.29 is 14.4 Å². The van der Waals surface area contributed by atoms with Gasteiger partial charge in [0.1, 0.15) is 5.82 Å². The van der Waals surface area contributed by atoms with E-state index in [1.165, 1.54) is 0 Å². The first-order chi connectivity index (χ1) is 6.50. The van der Waals surface area contributed by atoms with E-state index >= 15 is 0 Å². The van der Waals surface area contributed by atoms with Gasteiger partial charge in [0.25, 0.3) is 5.69 Å². The molecule has 1 aromatic carbocycles. The molecule has 0 unspecified atom stereocenters. The monoisotopic (exact) mass is 215 g/mol. The third-order valence-corrected chi connectivity index (χ3v) is 1.72. The van der Waals surface area contributed by atoms with E-state index in [0.29, 0.717) is 0 Å². The molecule has 0 aromatic heterocycles. The molecule has 0 bridgehead atoms. The zero-order valence-corrected chi connectivity index (χ0v) is 7.75. The van der Waals surface area contributed by atoms with E-state index in [1.54, 1.807) is 0 Å². The molecule has 1 rings (SSSR count). The Kier molecular flexibility index (Phi) is 3.08. The number of rotatable bonds is 3. The van der Waals surface area contributed by atoms with Gasteiger partial charge in [0.2, 0.25) is 0 Å². The summed E-state index contributed by atoms with van der Waals surface area (Å²) in [6.07, 6.45) is -0.191. The second-order valence-electron chi connectivity index (χ2n) is 2.60. The van der Waals surface area contributed by atoms with E-state index in [9.17, 15) is 14.5 Å². The predicted molar refractivity (Wildman–Crippen MR) is 52.0 cm³/mol. The first-order valence-electron chi connectivity index (χ1n) is 3.65. The summed E-state index contributed by atoms with van der Waals surface area (Å²) in [6, 6.07) is 3.02. The minimum Gasteiger partial charge on any atom is -0.502 e. The summed E-state index contributed by atoms with van der Waals surface area (Å²) in [5.41, 5.74) is -0.176. The fourth-order valence-corrected chi connectivity index (χ4v) is 1.19. The molecule has 6 heteroatoms. The van der Waals surface area contributed by atoms with E-state index < -0.39 is 15.8 Å². The fraction of sp³-hybridized carbons (Fsp3) is 0.125. The molecule has 0 saturated carbocycles. The molecule has 0 aliphatic carbocycles. The van der Waals surface area contributed by atoms with Crippen molar-refractivity contribution in [3.8, 4) is 0 Å². The normalized spacial score (nSPS) is 9.79. The summed E-state index contributed by atoms with van der Waals surface area (Å²) >= 11 is 4.38. The van der Waals surface area contributed by atoms with E-state index in [-0.39, 0.29) is 17.7 Å². The molecule has 0 fully saturated rings. The van der Waals surface area contributed by atoms with Crippen molar-refractivity contribution in [2.24, 2.45) is 0 Å². The number of nitro benzene ring substituents is 1. The highest BCUT2D eigenvalue weighted by molar-refractivity contribution is 7.80. The van der Waals surface area contributed by atoms with Crippen LogP contribution in [0, 0.1) is 15.9 Å². The number of thiocarbonyl (C=S) groups is 1. The van der Waals surface area contributed by atoms with Crippen molar-refractivity contribution in [3.63, 3.8) is 0 Å². The highest BCUT2D eigenvalue weighted by Gasteiger charge is 2.15. The van der Waals surface area contributed by atoms with Crippen LogP contribution in [0.1, 0.15) is 5.56 Å². The number of hydrogen-bond donors (Lipinski definition) is 1. The van der Waals surface area contributed by atoms with Crippen LogP contribution in [0.15, 0.2) is 18.2 Å². The molecular formula is C8H6FNO3S. The maximum atomic E-state index is 12.7. The Hall–Kier alpha value is -1.56. The highest BCUT2D eigenvalue weighted by atomic mass is 32.1. The van der Waals surface area contributed by atoms with Crippen molar-refractivity contribution in [1.29, 1.82) is 0 Å². The number of benzene rings is 1. The van der Waals surface area contributed by atoms with Crippen molar-refractivity contribution in [3.05, 3.63) is 39.7 Å². The van der Waals surface area contributed by atoms with Crippen LogP contribution >= 0.6 is 12.2 Å². The molecule has 0 spiro atoms. The first-order valence-corrected chi connectivity index (χ1v) is 4.06. The lowest BCUT2D eigenvalue weighted by Crippen LogP contribution is -2.02. The molecule has 74 valence electrons. The van der Waals surface area contributed by atoms with E-state index in [0.717, 1.165) is 18.2 Å². The van der Waals surface area contributed by atoms with Crippen molar-refractivity contribution in [2.75, 3.05) is 0 Å². The fourth-order valence-electron chi connectivity index (χ4n) is 1.04. The predicted octanol–water partition coefficient (Wildman–Crippen LogP) is 2.16. The van der Waals surface area contributed by atoms with Crippen LogP contribution in [0.3, 0.4) is 0 Å². The van der Waals surface area contributed by atoms with Gasteiger partial charge in [-0.05, 0) is 24.4 Å². The summed E-state index contributed by atoms with van der Waals surface area (Å²) in [4.78, 5) is 9.83. The van der Waals surface area contributed by atoms with E-state index in [2.05, 4.69) is 12.2 Å². The topological polar surface area (TPSA) is 63.4 Å². The van der Waals surface area contributed by atoms with Crippen LogP contribution in [0.2, 0.25) is 0 Å². The van der Waals surface area contributed by atoms with Crippen molar-refractivity contribution in [1.82, 2.24) is 0 Å². The van der Waals surface area contributed by atoms with E-state index in [4.69, 9.17) is 5.11 Å². The van der Waals surface area contributed by atoms with Gasteiger partial charge in [-0.25, -0.2) is 4.39 Å². The lowest BCUT2D eigenvalue weighted by atomic mass is 10.1. The Labute approximate surface area is 84.1 Å². The molecule has 0 aliphatic rings. The Morgan fingerprint density at radius 1 is 1.64 bits per heavy atom. The molecular weight excluding hydrogens is 209 g/mol. The SMILES string of the molecule is O=[N+]([O-])c1ccc(F)cc1CC(O)=S. The summed E-state index contributed by atoms with van der Waals surface area (Å²) in [6.45, 7) is 0. The van der Waals surface area contributed by atoms with E-state index in [1.807, 2.05) is 0 Å². The molecule has 4 nitrogen and oxygen atoms in total. The zero-order valence-electron chi connectivity index (χ0n) is 6.94. The maximum absolute atomic E-state index is 12.7. The molecule has 0 aliphatic heterocycles. The second-order valence-corrected chi connectivity index (χ2v) is 3.07. The van der Waals surface area contributed by atoms with Gasteiger partial charge in [-0.2, -0.15) is 0 Å². The van der Waals surface area contributed by atoms with Gasteiger partial charge >= 0.3 is 0 Å². The summed E-state index contributed by atoms with van der Waals surface area (Å²) in [5, 5.41) is 18.9. The molecule has 14 heavy (non-hydrogen) atoms. The number of nitro groups is 1. The molecule has 0 atom stereocenters. The van der Waals surface area contributed by atoms with Gasteiger partial charge in [0, 0.05) is 18.1 Å². The maximum Gasteiger partial charge on any atom is 0.273 e. The molecule has 0 radical (unpaired) electrons. The van der Waals surface area contributed by atoms with Crippen LogP contribution in [-0.4, -0.2) is 15.1 Å². The van der Waals surface area contributed by atoms with Gasteiger partial charge in [-0.3, -0.25) is 10.1 Å². The lowest BCUT2D eigenvalue weighted by Gasteiger charge is -2.00. The van der Waals surface area contributed by atoms with Gasteiger partial charge in [-0.15, -0.1) is 0 Å². The molecule has 0 heterocycles. The number of nitrogens with zero attached hydrogens (tertiary/aromatic N) is 1. The number of halogens is 1. The number of aliphatic hydroxyl groups is 1. The van der Waals surface area contributed by atoms with Crippen molar-refractivity contribution >= 4 is 23.0 Å². The Balaban J connectivity index is 3.15. The lowest BCUT2D eigenvalue weighted by molar-refractivity contribution is -0.385. The van der Waals surface area contributed by atoms with Gasteiger partial charge in [0.05, 0.1) is 4.92 Å². The van der Waals surface area contributed by atoms with Gasteiger partial charge in [-0.1, -0.05) is 0 Å². The van der Waals surface area contributed by atoms with Crippen LogP contribution < -0.4 is 0 Å². The largest absolute Gasteiger partial charge is 0.502 e. The number of aliphatic hydroxyl groups excluding tert-OH is 1. The van der Waals surface area contributed by atoms with Gasteiger partial charge in [0.15, 0.2) is 5.05 Å². The van der Waals surface area contributed by atoms with Crippen molar-refractivity contribution in [2.45, 2.75) is 6.42 Å². The first kappa shape index (κ1) is 10.5. The molecule has 0 saturated heterocycles. The molecule has 0 amide bonds. The smallest absolute Gasteiger partial charge is 0.273 e. The quantitative estimate of drug-likeness (QED) is 0.476. The average Bonchev–Trinajstić information content (AvgIpc) is 2.01. The number of hydrogen-bond acceptors (Lipinski definition) is 3. The van der Waals surface area contributed by atoms with Gasteiger partial charge < -0.3 is 5.11 Å². The highest BCUT2D eigenvalue weighted by Crippen LogP contribution is 2.20. The van der Waals surface area contributed by atoms with Crippen LogP contribution in [0.5, 0.6) is 0 Å².